The molecule has 5 aromatic rings. The van der Waals surface area contributed by atoms with E-state index in [1.54, 1.807) is 4.52 Å². The highest BCUT2D eigenvalue weighted by molar-refractivity contribution is 7.19. The van der Waals surface area contributed by atoms with Crippen molar-refractivity contribution < 1.29 is 4.79 Å². The third kappa shape index (κ3) is 3.90. The summed E-state index contributed by atoms with van der Waals surface area (Å²) in [7, 11) is 0. The Morgan fingerprint density at radius 1 is 0.906 bits per heavy atom. The number of hydrogen-bond donors (Lipinski definition) is 1. The molecule has 1 N–H and O–H groups in total. The van der Waals surface area contributed by atoms with Gasteiger partial charge in [0.15, 0.2) is 5.82 Å². The zero-order chi connectivity index (χ0) is 21.9. The Morgan fingerprint density at radius 3 is 2.12 bits per heavy atom. The van der Waals surface area contributed by atoms with Crippen LogP contribution in [0.15, 0.2) is 84.9 Å². The number of anilines is 1. The van der Waals surface area contributed by atoms with Gasteiger partial charge in [-0.2, -0.15) is 9.61 Å². The zero-order valence-corrected chi connectivity index (χ0v) is 18.3. The van der Waals surface area contributed by atoms with E-state index in [4.69, 9.17) is 0 Å². The fourth-order valence-electron chi connectivity index (χ4n) is 3.69. The van der Waals surface area contributed by atoms with Gasteiger partial charge in [0.25, 0.3) is 0 Å². The molecule has 2 heterocycles. The minimum Gasteiger partial charge on any atom is -0.325 e. The number of aryl methyl sites for hydroxylation is 1. The van der Waals surface area contributed by atoms with E-state index < -0.39 is 0 Å². The first-order chi connectivity index (χ1) is 15.7. The topological polar surface area (TPSA) is 72.2 Å². The van der Waals surface area contributed by atoms with Crippen LogP contribution in [0.2, 0.25) is 0 Å². The Hall–Kier alpha value is -3.84. The molecule has 158 valence electrons. The molecule has 0 aliphatic carbocycles. The normalized spacial score (nSPS) is 11.2. The molecule has 5 rings (SSSR count). The highest BCUT2D eigenvalue weighted by Gasteiger charge is 2.22. The molecule has 0 fully saturated rings. The predicted octanol–water partition coefficient (Wildman–Crippen LogP) is 5.19. The van der Waals surface area contributed by atoms with Gasteiger partial charge in [-0.25, -0.2) is 0 Å². The van der Waals surface area contributed by atoms with Gasteiger partial charge in [-0.3, -0.25) is 4.79 Å². The van der Waals surface area contributed by atoms with Crippen molar-refractivity contribution in [2.45, 2.75) is 19.3 Å². The zero-order valence-electron chi connectivity index (χ0n) is 17.5. The van der Waals surface area contributed by atoms with E-state index in [1.165, 1.54) is 11.3 Å². The highest BCUT2D eigenvalue weighted by atomic mass is 32.1. The van der Waals surface area contributed by atoms with Gasteiger partial charge >= 0.3 is 0 Å². The first-order valence-corrected chi connectivity index (χ1v) is 11.3. The predicted molar refractivity (Wildman–Crippen MR) is 127 cm³/mol. The number of aromatic nitrogens is 4. The maximum absolute atomic E-state index is 13.3. The number of nitrogens with one attached hydrogen (secondary N) is 1. The summed E-state index contributed by atoms with van der Waals surface area (Å²) in [6, 6.07) is 27.4. The molecule has 32 heavy (non-hydrogen) atoms. The molecule has 0 aliphatic rings. The van der Waals surface area contributed by atoms with E-state index in [9.17, 15) is 4.79 Å². The summed E-state index contributed by atoms with van der Waals surface area (Å²) in [6.07, 6.45) is 0.777. The highest BCUT2D eigenvalue weighted by Crippen LogP contribution is 2.29. The lowest BCUT2D eigenvalue weighted by molar-refractivity contribution is -0.116. The quantitative estimate of drug-likeness (QED) is 0.395. The number of hydrogen-bond acceptors (Lipinski definition) is 5. The Kier molecular flexibility index (Phi) is 5.47. The lowest BCUT2D eigenvalue weighted by atomic mass is 9.90. The van der Waals surface area contributed by atoms with Crippen LogP contribution >= 0.6 is 11.3 Å². The standard InChI is InChI=1S/C25H21N5OS/c1-2-21-27-28-25-30(21)29-24(32-25)19-13-15-20(16-14-19)26-23(31)22(17-9-5-3-6-10-17)18-11-7-4-8-12-18/h3-16,22H,2H2,1H3,(H,26,31). The van der Waals surface area contributed by atoms with E-state index in [0.29, 0.717) is 0 Å². The van der Waals surface area contributed by atoms with Crippen LogP contribution in [0.5, 0.6) is 0 Å². The third-order valence-corrected chi connectivity index (χ3v) is 6.25. The summed E-state index contributed by atoms with van der Waals surface area (Å²) in [5, 5.41) is 16.9. The molecule has 1 amide bonds. The van der Waals surface area contributed by atoms with Gasteiger partial charge in [-0.1, -0.05) is 78.9 Å². The number of fused-ring (bicyclic) bond motifs is 1. The van der Waals surface area contributed by atoms with Crippen LogP contribution in [0.1, 0.15) is 29.8 Å². The lowest BCUT2D eigenvalue weighted by Crippen LogP contribution is -2.22. The molecule has 6 nitrogen and oxygen atoms in total. The van der Waals surface area contributed by atoms with Crippen molar-refractivity contribution in [1.29, 1.82) is 0 Å². The maximum atomic E-state index is 13.3. The second-order valence-corrected chi connectivity index (χ2v) is 8.35. The molecular formula is C25H21N5OS. The summed E-state index contributed by atoms with van der Waals surface area (Å²) < 4.78 is 1.79. The molecule has 0 bridgehead atoms. The SMILES string of the molecule is CCc1nnc2sc(-c3ccc(NC(=O)C(c4ccccc4)c4ccccc4)cc3)nn12. The second-order valence-electron chi connectivity index (χ2n) is 7.39. The van der Waals surface area contributed by atoms with Crippen LogP contribution in [0.25, 0.3) is 15.5 Å². The first-order valence-electron chi connectivity index (χ1n) is 10.4. The van der Waals surface area contributed by atoms with Crippen LogP contribution in [-0.4, -0.2) is 25.7 Å². The number of amides is 1. The van der Waals surface area contributed by atoms with Gasteiger partial charge in [0, 0.05) is 17.7 Å². The van der Waals surface area contributed by atoms with Gasteiger partial charge in [0.2, 0.25) is 10.9 Å². The number of carbonyl (C=O) groups is 1. The Bertz CT molecular complexity index is 1300. The van der Waals surface area contributed by atoms with Gasteiger partial charge in [-0.15, -0.1) is 10.2 Å². The van der Waals surface area contributed by atoms with E-state index in [0.717, 1.165) is 44.6 Å². The third-order valence-electron chi connectivity index (χ3n) is 5.30. The fourth-order valence-corrected chi connectivity index (χ4v) is 4.55. The smallest absolute Gasteiger partial charge is 0.236 e. The van der Waals surface area contributed by atoms with Crippen LogP contribution in [-0.2, 0) is 11.2 Å². The van der Waals surface area contributed by atoms with E-state index >= 15 is 0 Å². The van der Waals surface area contributed by atoms with Gasteiger partial charge in [-0.05, 0) is 35.4 Å². The van der Waals surface area contributed by atoms with Crippen molar-refractivity contribution in [3.63, 3.8) is 0 Å². The fraction of sp³-hybridized carbons (Fsp3) is 0.120. The summed E-state index contributed by atoms with van der Waals surface area (Å²) >= 11 is 1.50. The Labute approximate surface area is 189 Å². The molecular weight excluding hydrogens is 418 g/mol. The van der Waals surface area contributed by atoms with Crippen LogP contribution in [0.3, 0.4) is 0 Å². The monoisotopic (exact) mass is 439 g/mol. The van der Waals surface area contributed by atoms with Gasteiger partial charge in [0.1, 0.15) is 5.01 Å². The average Bonchev–Trinajstić information content (AvgIpc) is 3.42. The Morgan fingerprint density at radius 2 is 1.53 bits per heavy atom. The van der Waals surface area contributed by atoms with Crippen LogP contribution in [0.4, 0.5) is 5.69 Å². The number of carbonyl (C=O) groups excluding carboxylic acids is 1. The van der Waals surface area contributed by atoms with Crippen molar-refractivity contribution in [2.75, 3.05) is 5.32 Å². The van der Waals surface area contributed by atoms with Crippen molar-refractivity contribution in [1.82, 2.24) is 19.8 Å². The number of rotatable bonds is 6. The molecule has 0 radical (unpaired) electrons. The van der Waals surface area contributed by atoms with Crippen molar-refractivity contribution in [3.05, 3.63) is 102 Å². The largest absolute Gasteiger partial charge is 0.325 e. The summed E-state index contributed by atoms with van der Waals surface area (Å²) in [4.78, 5) is 14.1. The lowest BCUT2D eigenvalue weighted by Gasteiger charge is -2.18. The minimum atomic E-state index is -0.385. The van der Waals surface area contributed by atoms with Gasteiger partial charge < -0.3 is 5.32 Å². The molecule has 0 spiro atoms. The number of nitrogens with zero attached hydrogens (tertiary/aromatic N) is 4. The van der Waals surface area contributed by atoms with Crippen molar-refractivity contribution in [3.8, 4) is 10.6 Å². The average molecular weight is 440 g/mol. The van der Waals surface area contributed by atoms with E-state index in [2.05, 4.69) is 20.6 Å². The molecule has 0 aliphatic heterocycles. The molecule has 0 saturated carbocycles. The summed E-state index contributed by atoms with van der Waals surface area (Å²) in [6.45, 7) is 2.03. The van der Waals surface area contributed by atoms with Crippen LogP contribution in [0, 0.1) is 0 Å². The number of benzene rings is 3. The summed E-state index contributed by atoms with van der Waals surface area (Å²) in [5.74, 6) is 0.393. The molecule has 2 aromatic heterocycles. The minimum absolute atomic E-state index is 0.0680. The van der Waals surface area contributed by atoms with E-state index in [1.807, 2.05) is 91.9 Å². The second kappa shape index (κ2) is 8.72. The van der Waals surface area contributed by atoms with Crippen molar-refractivity contribution >= 4 is 27.9 Å². The molecule has 3 aromatic carbocycles. The van der Waals surface area contributed by atoms with Gasteiger partial charge in [0.05, 0.1) is 5.92 Å². The maximum Gasteiger partial charge on any atom is 0.236 e. The van der Waals surface area contributed by atoms with Crippen molar-refractivity contribution in [2.24, 2.45) is 0 Å². The Balaban J connectivity index is 1.39. The van der Waals surface area contributed by atoms with E-state index in [-0.39, 0.29) is 11.8 Å². The molecule has 7 heteroatoms. The van der Waals surface area contributed by atoms with Crippen LogP contribution < -0.4 is 5.32 Å². The molecule has 0 saturated heterocycles. The molecule has 0 atom stereocenters. The molecule has 0 unspecified atom stereocenters. The first kappa shape index (κ1) is 20.1. The summed E-state index contributed by atoms with van der Waals surface area (Å²) in [5.41, 5.74) is 3.63.